The van der Waals surface area contributed by atoms with Crippen LogP contribution in [0.15, 0.2) is 0 Å². The molecule has 1 aliphatic heterocycles. The Morgan fingerprint density at radius 1 is 1.14 bits per heavy atom. The van der Waals surface area contributed by atoms with Crippen LogP contribution in [0, 0.1) is 11.8 Å². The smallest absolute Gasteiger partial charge is 0.0721 e. The maximum absolute atomic E-state index is 10.2. The monoisotopic (exact) mass is 199 g/mol. The highest BCUT2D eigenvalue weighted by atomic mass is 16.3. The zero-order chi connectivity index (χ0) is 10.6. The van der Waals surface area contributed by atoms with Crippen LogP contribution in [0.2, 0.25) is 0 Å². The van der Waals surface area contributed by atoms with E-state index >= 15 is 0 Å². The zero-order valence-electron chi connectivity index (χ0n) is 9.79. The number of nitrogens with one attached hydrogen (secondary N) is 1. The number of aliphatic hydroxyl groups excluding tert-OH is 1. The fourth-order valence-electron chi connectivity index (χ4n) is 2.11. The van der Waals surface area contributed by atoms with Crippen molar-refractivity contribution in [1.82, 2.24) is 5.32 Å². The summed E-state index contributed by atoms with van der Waals surface area (Å²) in [5.41, 5.74) is 0. The molecule has 0 aromatic carbocycles. The molecule has 1 saturated heterocycles. The first-order valence-electron chi connectivity index (χ1n) is 6.04. The van der Waals surface area contributed by atoms with Crippen LogP contribution in [0.1, 0.15) is 46.5 Å². The van der Waals surface area contributed by atoms with Crippen LogP contribution in [-0.4, -0.2) is 23.8 Å². The van der Waals surface area contributed by atoms with Gasteiger partial charge in [-0.2, -0.15) is 0 Å². The summed E-state index contributed by atoms with van der Waals surface area (Å²) < 4.78 is 0. The highest BCUT2D eigenvalue weighted by molar-refractivity contribution is 4.82. The first kappa shape index (κ1) is 12.0. The largest absolute Gasteiger partial charge is 0.391 e. The number of hydrogen-bond donors (Lipinski definition) is 2. The molecule has 0 amide bonds. The molecule has 0 aromatic heterocycles. The van der Waals surface area contributed by atoms with Crippen LogP contribution in [0.3, 0.4) is 0 Å². The number of aliphatic hydroxyl groups is 1. The summed E-state index contributed by atoms with van der Waals surface area (Å²) in [6.07, 6.45) is 4.80. The van der Waals surface area contributed by atoms with E-state index in [0.29, 0.717) is 17.9 Å². The van der Waals surface area contributed by atoms with Gasteiger partial charge in [-0.05, 0) is 31.2 Å². The lowest BCUT2D eigenvalue weighted by atomic mass is 9.87. The van der Waals surface area contributed by atoms with E-state index in [2.05, 4.69) is 26.1 Å². The Bertz CT molecular complexity index is 150. The number of hydrogen-bond acceptors (Lipinski definition) is 2. The van der Waals surface area contributed by atoms with Crippen molar-refractivity contribution >= 4 is 0 Å². The van der Waals surface area contributed by atoms with Gasteiger partial charge in [0.2, 0.25) is 0 Å². The standard InChI is InChI=1S/C12H25NO/c1-9(2)10(3)12(14)11-7-5-4-6-8-13-11/h9-14H,4-8H2,1-3H3. The van der Waals surface area contributed by atoms with E-state index in [1.54, 1.807) is 0 Å². The van der Waals surface area contributed by atoms with Gasteiger partial charge in [0.05, 0.1) is 6.10 Å². The Labute approximate surface area is 88.1 Å². The van der Waals surface area contributed by atoms with Gasteiger partial charge in [0.1, 0.15) is 0 Å². The Kier molecular flexibility index (Phi) is 4.90. The molecule has 0 aromatic rings. The van der Waals surface area contributed by atoms with Crippen LogP contribution < -0.4 is 5.32 Å². The minimum absolute atomic E-state index is 0.173. The van der Waals surface area contributed by atoms with Crippen LogP contribution >= 0.6 is 0 Å². The Hall–Kier alpha value is -0.0800. The third-order valence-corrected chi connectivity index (χ3v) is 3.60. The SMILES string of the molecule is CC(C)C(C)C(O)C1CCCCCN1. The van der Waals surface area contributed by atoms with Gasteiger partial charge in [0.15, 0.2) is 0 Å². The average molecular weight is 199 g/mol. The molecule has 0 aliphatic carbocycles. The van der Waals surface area contributed by atoms with Crippen LogP contribution in [-0.2, 0) is 0 Å². The molecule has 0 spiro atoms. The fraction of sp³-hybridized carbons (Fsp3) is 1.00. The average Bonchev–Trinajstić information content (AvgIpc) is 2.43. The van der Waals surface area contributed by atoms with Gasteiger partial charge in [-0.1, -0.05) is 33.6 Å². The van der Waals surface area contributed by atoms with E-state index in [4.69, 9.17) is 0 Å². The van der Waals surface area contributed by atoms with E-state index in [0.717, 1.165) is 13.0 Å². The molecular formula is C12H25NO. The van der Waals surface area contributed by atoms with E-state index in [-0.39, 0.29) is 6.10 Å². The summed E-state index contributed by atoms with van der Waals surface area (Å²) in [5.74, 6) is 0.959. The molecule has 3 atom stereocenters. The molecule has 1 heterocycles. The molecule has 1 aliphatic rings. The molecule has 2 heteroatoms. The second-order valence-electron chi connectivity index (χ2n) is 5.00. The van der Waals surface area contributed by atoms with Crippen molar-refractivity contribution in [1.29, 1.82) is 0 Å². The highest BCUT2D eigenvalue weighted by Gasteiger charge is 2.26. The predicted octanol–water partition coefficient (Wildman–Crippen LogP) is 2.17. The molecule has 0 saturated carbocycles. The molecule has 14 heavy (non-hydrogen) atoms. The van der Waals surface area contributed by atoms with Gasteiger partial charge in [0.25, 0.3) is 0 Å². The van der Waals surface area contributed by atoms with Gasteiger partial charge in [0, 0.05) is 6.04 Å². The normalized spacial score (nSPS) is 28.5. The predicted molar refractivity (Wildman–Crippen MR) is 60.3 cm³/mol. The Balaban J connectivity index is 2.44. The lowest BCUT2D eigenvalue weighted by Gasteiger charge is -2.29. The summed E-state index contributed by atoms with van der Waals surface area (Å²) in [4.78, 5) is 0. The quantitative estimate of drug-likeness (QED) is 0.730. The summed E-state index contributed by atoms with van der Waals surface area (Å²) in [5, 5.41) is 13.6. The molecule has 0 radical (unpaired) electrons. The summed E-state index contributed by atoms with van der Waals surface area (Å²) >= 11 is 0. The van der Waals surface area contributed by atoms with E-state index in [1.807, 2.05) is 0 Å². The number of rotatable bonds is 3. The summed E-state index contributed by atoms with van der Waals surface area (Å²) in [7, 11) is 0. The minimum atomic E-state index is -0.173. The molecular weight excluding hydrogens is 174 g/mol. The van der Waals surface area contributed by atoms with Crippen LogP contribution in [0.4, 0.5) is 0 Å². The van der Waals surface area contributed by atoms with E-state index < -0.39 is 0 Å². The van der Waals surface area contributed by atoms with Crippen LogP contribution in [0.25, 0.3) is 0 Å². The van der Waals surface area contributed by atoms with Crippen molar-refractivity contribution in [3.8, 4) is 0 Å². The topological polar surface area (TPSA) is 32.3 Å². The van der Waals surface area contributed by atoms with E-state index in [9.17, 15) is 5.11 Å². The lowest BCUT2D eigenvalue weighted by molar-refractivity contribution is 0.0541. The molecule has 0 bridgehead atoms. The molecule has 2 nitrogen and oxygen atoms in total. The summed E-state index contributed by atoms with van der Waals surface area (Å²) in [6.45, 7) is 7.60. The summed E-state index contributed by atoms with van der Waals surface area (Å²) in [6, 6.07) is 0.329. The Morgan fingerprint density at radius 2 is 1.86 bits per heavy atom. The van der Waals surface area contributed by atoms with Gasteiger partial charge < -0.3 is 10.4 Å². The van der Waals surface area contributed by atoms with Gasteiger partial charge in [-0.15, -0.1) is 0 Å². The molecule has 3 unspecified atom stereocenters. The van der Waals surface area contributed by atoms with Crippen molar-refractivity contribution in [2.75, 3.05) is 6.54 Å². The minimum Gasteiger partial charge on any atom is -0.391 e. The first-order valence-corrected chi connectivity index (χ1v) is 6.04. The van der Waals surface area contributed by atoms with Gasteiger partial charge >= 0.3 is 0 Å². The van der Waals surface area contributed by atoms with Crippen molar-refractivity contribution in [2.24, 2.45) is 11.8 Å². The molecule has 2 N–H and O–H groups in total. The molecule has 1 fully saturated rings. The van der Waals surface area contributed by atoms with Crippen molar-refractivity contribution < 1.29 is 5.11 Å². The second-order valence-corrected chi connectivity index (χ2v) is 5.00. The highest BCUT2D eigenvalue weighted by Crippen LogP contribution is 2.21. The van der Waals surface area contributed by atoms with E-state index in [1.165, 1.54) is 19.3 Å². The Morgan fingerprint density at radius 3 is 2.50 bits per heavy atom. The molecule has 84 valence electrons. The maximum Gasteiger partial charge on any atom is 0.0721 e. The van der Waals surface area contributed by atoms with Crippen molar-refractivity contribution in [3.05, 3.63) is 0 Å². The third-order valence-electron chi connectivity index (χ3n) is 3.60. The fourth-order valence-corrected chi connectivity index (χ4v) is 2.11. The van der Waals surface area contributed by atoms with Gasteiger partial charge in [-0.25, -0.2) is 0 Å². The lowest BCUT2D eigenvalue weighted by Crippen LogP contribution is -2.44. The molecule has 1 rings (SSSR count). The first-order chi connectivity index (χ1) is 6.63. The second kappa shape index (κ2) is 5.72. The third kappa shape index (κ3) is 3.25. The zero-order valence-corrected chi connectivity index (χ0v) is 9.79. The van der Waals surface area contributed by atoms with Crippen LogP contribution in [0.5, 0.6) is 0 Å². The maximum atomic E-state index is 10.2. The van der Waals surface area contributed by atoms with Crippen molar-refractivity contribution in [2.45, 2.75) is 58.6 Å². The van der Waals surface area contributed by atoms with Crippen molar-refractivity contribution in [3.63, 3.8) is 0 Å². The van der Waals surface area contributed by atoms with Gasteiger partial charge in [-0.3, -0.25) is 0 Å².